The molecule has 174 valence electrons. The molecule has 3 amide bonds. The number of halogens is 2. The third kappa shape index (κ3) is 6.86. The lowest BCUT2D eigenvalue weighted by molar-refractivity contribution is -0.133. The number of thiophene rings is 1. The SMILES string of the molecule is CCC(C)N(CC(=O)N(Cc1ccc(F)cc1)Cc1cccs1)C(=O)Nc1ccccc1F. The molecular weight excluding hydrogens is 444 g/mol. The lowest BCUT2D eigenvalue weighted by atomic mass is 10.2. The zero-order valence-corrected chi connectivity index (χ0v) is 19.4. The lowest BCUT2D eigenvalue weighted by Gasteiger charge is -2.31. The molecule has 3 aromatic rings. The topological polar surface area (TPSA) is 52.7 Å². The molecule has 1 N–H and O–H groups in total. The first kappa shape index (κ1) is 24.4. The summed E-state index contributed by atoms with van der Waals surface area (Å²) in [6, 6.07) is 15.0. The predicted octanol–water partition coefficient (Wildman–Crippen LogP) is 5.89. The third-order valence-electron chi connectivity index (χ3n) is 5.37. The molecular formula is C25H27F2N3O2S. The molecule has 0 aliphatic carbocycles. The van der Waals surface area contributed by atoms with Gasteiger partial charge in [-0.2, -0.15) is 0 Å². The maximum Gasteiger partial charge on any atom is 0.322 e. The molecule has 5 nitrogen and oxygen atoms in total. The first-order valence-electron chi connectivity index (χ1n) is 10.7. The minimum Gasteiger partial charge on any atom is -0.332 e. The Hall–Kier alpha value is -3.26. The number of rotatable bonds is 9. The summed E-state index contributed by atoms with van der Waals surface area (Å²) in [5.74, 6) is -1.14. The second kappa shape index (κ2) is 11.6. The van der Waals surface area contributed by atoms with E-state index in [2.05, 4.69) is 5.32 Å². The van der Waals surface area contributed by atoms with E-state index in [-0.39, 0.29) is 36.5 Å². The van der Waals surface area contributed by atoms with Crippen LogP contribution in [0.25, 0.3) is 0 Å². The van der Waals surface area contributed by atoms with Crippen LogP contribution in [0, 0.1) is 11.6 Å². The van der Waals surface area contributed by atoms with E-state index in [1.807, 2.05) is 31.4 Å². The molecule has 1 atom stereocenters. The summed E-state index contributed by atoms with van der Waals surface area (Å²) in [5.41, 5.74) is 0.845. The van der Waals surface area contributed by atoms with Crippen LogP contribution < -0.4 is 5.32 Å². The fraction of sp³-hybridized carbons (Fsp3) is 0.280. The molecule has 0 saturated carbocycles. The van der Waals surface area contributed by atoms with Gasteiger partial charge in [-0.25, -0.2) is 13.6 Å². The van der Waals surface area contributed by atoms with E-state index < -0.39 is 11.8 Å². The Labute approximate surface area is 196 Å². The Morgan fingerprint density at radius 1 is 1.00 bits per heavy atom. The Balaban J connectivity index is 1.78. The smallest absolute Gasteiger partial charge is 0.322 e. The number of carbonyl (C=O) groups excluding carboxylic acids is 2. The standard InChI is InChI=1S/C25H27F2N3O2S/c1-3-18(2)30(25(32)28-23-9-5-4-8-22(23)27)17-24(31)29(16-21-7-6-14-33-21)15-19-10-12-20(26)13-11-19/h4-14,18H,3,15-17H2,1-2H3,(H,28,32). The van der Waals surface area contributed by atoms with Crippen LogP contribution in [-0.4, -0.2) is 34.3 Å². The van der Waals surface area contributed by atoms with Gasteiger partial charge in [0.2, 0.25) is 5.91 Å². The molecule has 1 unspecified atom stereocenters. The normalized spacial score (nSPS) is 11.6. The first-order chi connectivity index (χ1) is 15.9. The number of hydrogen-bond acceptors (Lipinski definition) is 3. The first-order valence-corrected chi connectivity index (χ1v) is 11.6. The van der Waals surface area contributed by atoms with Gasteiger partial charge >= 0.3 is 6.03 Å². The summed E-state index contributed by atoms with van der Waals surface area (Å²) >= 11 is 1.53. The van der Waals surface area contributed by atoms with Crippen molar-refractivity contribution in [2.75, 3.05) is 11.9 Å². The Bertz CT molecular complexity index is 1060. The highest BCUT2D eigenvalue weighted by Crippen LogP contribution is 2.18. The molecule has 8 heteroatoms. The van der Waals surface area contributed by atoms with Crippen molar-refractivity contribution in [3.05, 3.63) is 88.1 Å². The zero-order valence-electron chi connectivity index (χ0n) is 18.6. The molecule has 0 aliphatic rings. The van der Waals surface area contributed by atoms with Crippen molar-refractivity contribution in [3.63, 3.8) is 0 Å². The Morgan fingerprint density at radius 2 is 1.73 bits per heavy atom. The van der Waals surface area contributed by atoms with E-state index in [0.717, 1.165) is 10.4 Å². The molecule has 33 heavy (non-hydrogen) atoms. The van der Waals surface area contributed by atoms with Crippen molar-refractivity contribution < 1.29 is 18.4 Å². The fourth-order valence-electron chi connectivity index (χ4n) is 3.28. The van der Waals surface area contributed by atoms with Gasteiger partial charge < -0.3 is 15.1 Å². The van der Waals surface area contributed by atoms with E-state index in [1.165, 1.54) is 40.5 Å². The summed E-state index contributed by atoms with van der Waals surface area (Å²) in [6.45, 7) is 4.25. The van der Waals surface area contributed by atoms with Gasteiger partial charge in [0.25, 0.3) is 0 Å². The number of carbonyl (C=O) groups is 2. The molecule has 0 saturated heterocycles. The molecule has 2 aromatic carbocycles. The summed E-state index contributed by atoms with van der Waals surface area (Å²) in [6.07, 6.45) is 0.626. The average Bonchev–Trinajstić information content (AvgIpc) is 3.32. The van der Waals surface area contributed by atoms with Gasteiger partial charge in [-0.15, -0.1) is 11.3 Å². The fourth-order valence-corrected chi connectivity index (χ4v) is 4.00. The van der Waals surface area contributed by atoms with Crippen LogP contribution in [-0.2, 0) is 17.9 Å². The number of amides is 3. The van der Waals surface area contributed by atoms with Crippen LogP contribution in [0.3, 0.4) is 0 Å². The van der Waals surface area contributed by atoms with Crippen molar-refractivity contribution >= 4 is 29.0 Å². The maximum absolute atomic E-state index is 14.0. The van der Waals surface area contributed by atoms with Crippen LogP contribution in [0.15, 0.2) is 66.0 Å². The van der Waals surface area contributed by atoms with Crippen molar-refractivity contribution in [2.45, 2.75) is 39.4 Å². The average molecular weight is 472 g/mol. The molecule has 0 aliphatic heterocycles. The molecule has 0 radical (unpaired) electrons. The Morgan fingerprint density at radius 3 is 2.36 bits per heavy atom. The molecule has 0 spiro atoms. The number of hydrogen-bond donors (Lipinski definition) is 1. The highest BCUT2D eigenvalue weighted by molar-refractivity contribution is 7.09. The van der Waals surface area contributed by atoms with Crippen LogP contribution in [0.5, 0.6) is 0 Å². The van der Waals surface area contributed by atoms with E-state index in [1.54, 1.807) is 29.2 Å². The number of para-hydroxylation sites is 1. The van der Waals surface area contributed by atoms with Crippen LogP contribution in [0.2, 0.25) is 0 Å². The summed E-state index contributed by atoms with van der Waals surface area (Å²) in [5, 5.41) is 4.51. The maximum atomic E-state index is 14.0. The van der Waals surface area contributed by atoms with Crippen molar-refractivity contribution in [1.82, 2.24) is 9.80 Å². The van der Waals surface area contributed by atoms with Crippen LogP contribution >= 0.6 is 11.3 Å². The van der Waals surface area contributed by atoms with Gasteiger partial charge in [0.15, 0.2) is 0 Å². The second-order valence-electron chi connectivity index (χ2n) is 7.75. The molecule has 0 bridgehead atoms. The van der Waals surface area contributed by atoms with Crippen molar-refractivity contribution in [2.24, 2.45) is 0 Å². The van der Waals surface area contributed by atoms with E-state index in [9.17, 15) is 18.4 Å². The molecule has 1 heterocycles. The highest BCUT2D eigenvalue weighted by Gasteiger charge is 2.26. The lowest BCUT2D eigenvalue weighted by Crippen LogP contribution is -2.47. The van der Waals surface area contributed by atoms with E-state index in [4.69, 9.17) is 0 Å². The van der Waals surface area contributed by atoms with E-state index >= 15 is 0 Å². The van der Waals surface area contributed by atoms with Crippen molar-refractivity contribution in [3.8, 4) is 0 Å². The monoisotopic (exact) mass is 471 g/mol. The van der Waals surface area contributed by atoms with Gasteiger partial charge in [0.05, 0.1) is 12.2 Å². The number of nitrogens with zero attached hydrogens (tertiary/aromatic N) is 2. The summed E-state index contributed by atoms with van der Waals surface area (Å²) in [7, 11) is 0. The quantitative estimate of drug-likeness (QED) is 0.423. The minimum atomic E-state index is -0.545. The van der Waals surface area contributed by atoms with Gasteiger partial charge in [0.1, 0.15) is 18.2 Å². The summed E-state index contributed by atoms with van der Waals surface area (Å²) in [4.78, 5) is 30.4. The van der Waals surface area contributed by atoms with Crippen LogP contribution in [0.1, 0.15) is 30.7 Å². The zero-order chi connectivity index (χ0) is 23.8. The van der Waals surface area contributed by atoms with Crippen molar-refractivity contribution in [1.29, 1.82) is 0 Å². The molecule has 3 rings (SSSR count). The third-order valence-corrected chi connectivity index (χ3v) is 6.23. The molecule has 1 aromatic heterocycles. The predicted molar refractivity (Wildman–Crippen MR) is 127 cm³/mol. The number of benzene rings is 2. The van der Waals surface area contributed by atoms with Gasteiger partial charge in [0, 0.05) is 17.5 Å². The summed E-state index contributed by atoms with van der Waals surface area (Å²) < 4.78 is 27.4. The van der Waals surface area contributed by atoms with E-state index in [0.29, 0.717) is 13.0 Å². The largest absolute Gasteiger partial charge is 0.332 e. The number of nitrogens with one attached hydrogen (secondary N) is 1. The van der Waals surface area contributed by atoms with Gasteiger partial charge in [-0.05, 0) is 54.6 Å². The molecule has 0 fully saturated rings. The minimum absolute atomic E-state index is 0.0602. The number of urea groups is 1. The highest BCUT2D eigenvalue weighted by atomic mass is 32.1. The Kier molecular flexibility index (Phi) is 8.54. The number of anilines is 1. The second-order valence-corrected chi connectivity index (χ2v) is 8.78. The van der Waals surface area contributed by atoms with Gasteiger partial charge in [-0.1, -0.05) is 37.3 Å². The van der Waals surface area contributed by atoms with Gasteiger partial charge in [-0.3, -0.25) is 4.79 Å². The van der Waals surface area contributed by atoms with Crippen LogP contribution in [0.4, 0.5) is 19.3 Å².